The Labute approximate surface area is 227 Å². The van der Waals surface area contributed by atoms with Crippen LogP contribution in [0.2, 0.25) is 0 Å². The summed E-state index contributed by atoms with van der Waals surface area (Å²) >= 11 is 0. The monoisotopic (exact) mass is 554 g/mol. The number of allylic oxidation sites excluding steroid dienone is 4. The van der Waals surface area contributed by atoms with E-state index in [4.69, 9.17) is 19.9 Å². The largest absolute Gasteiger partial charge is 0.390 e. The average Bonchev–Trinajstić information content (AvgIpc) is 3.34. The number of carbonyl (C=O) groups is 3. The normalized spacial score (nSPS) is 43.4. The number of rotatable bonds is 9. The van der Waals surface area contributed by atoms with Gasteiger partial charge in [-0.2, -0.15) is 0 Å². The number of halogens is 2. The number of fused-ring (bicyclic) bond motifs is 3. The van der Waals surface area contributed by atoms with E-state index in [1.807, 2.05) is 6.92 Å². The van der Waals surface area contributed by atoms with Gasteiger partial charge in [0.15, 0.2) is 29.1 Å². The van der Waals surface area contributed by atoms with Crippen LogP contribution in [0.1, 0.15) is 53.4 Å². The average molecular weight is 555 g/mol. The van der Waals surface area contributed by atoms with Crippen molar-refractivity contribution in [1.82, 2.24) is 5.32 Å². The molecule has 0 aromatic heterocycles. The molecular weight excluding hydrogens is 514 g/mol. The van der Waals surface area contributed by atoms with E-state index in [2.05, 4.69) is 5.32 Å². The lowest BCUT2D eigenvalue weighted by atomic mass is 9.43. The molecule has 1 amide bonds. The maximum atomic E-state index is 17.3. The van der Waals surface area contributed by atoms with Gasteiger partial charge in [0, 0.05) is 16.7 Å². The molecule has 3 aliphatic carbocycles. The van der Waals surface area contributed by atoms with Crippen LogP contribution in [0.3, 0.4) is 0 Å². The molecular formula is C28H40F2N2O7. The lowest BCUT2D eigenvalue weighted by molar-refractivity contribution is -0.242. The lowest BCUT2D eigenvalue weighted by Crippen LogP contribution is -2.72. The number of carbonyl (C=O) groups excluding carboxylic acids is 3. The van der Waals surface area contributed by atoms with Gasteiger partial charge >= 0.3 is 0 Å². The van der Waals surface area contributed by atoms with E-state index >= 15 is 8.78 Å². The Bertz CT molecular complexity index is 1070. The molecule has 9 atom stereocenters. The molecule has 4 N–H and O–H groups in total. The zero-order valence-corrected chi connectivity index (χ0v) is 23.0. The zero-order chi connectivity index (χ0) is 28.8. The van der Waals surface area contributed by atoms with Gasteiger partial charge in [-0.05, 0) is 49.8 Å². The number of amides is 1. The maximum Gasteiger partial charge on any atom is 0.235 e. The summed E-state index contributed by atoms with van der Waals surface area (Å²) < 4.78 is 50.6. The fraction of sp³-hybridized carbons (Fsp3) is 0.750. The molecule has 0 spiro atoms. The molecule has 3 fully saturated rings. The number of nitrogens with one attached hydrogen (secondary N) is 1. The Kier molecular flexibility index (Phi) is 8.24. The second kappa shape index (κ2) is 10.7. The van der Waals surface area contributed by atoms with Gasteiger partial charge in [0.05, 0.1) is 19.3 Å². The summed E-state index contributed by atoms with van der Waals surface area (Å²) in [6.07, 6.45) is 0.692. The minimum Gasteiger partial charge on any atom is -0.390 e. The highest BCUT2D eigenvalue weighted by Gasteiger charge is 2.74. The van der Waals surface area contributed by atoms with E-state index in [9.17, 15) is 19.5 Å². The number of hydrogen-bond acceptors (Lipinski definition) is 8. The minimum absolute atomic E-state index is 0.0331. The standard InChI is InChI=1S/C28H40F2N2O7/c1-5-6-24-38-14-27(39-24,22(35)13-37-15-32-23(36)12-31)26(4)11-21(34)28(30)18(16(26)2)10-20(29)19-9-17(33)7-8-25(19,28)3/h7-9,16,18,20-21,24,34H,5-6,10-15,31H2,1-4H3,(H,32,36)/t16?,18-,20-,21-,24?,25?,26-,27?,28-/m0/s1. The summed E-state index contributed by atoms with van der Waals surface area (Å²) in [4.78, 5) is 37.3. The van der Waals surface area contributed by atoms with E-state index < -0.39 is 76.6 Å². The molecule has 4 rings (SSSR count). The Hall–Kier alpha value is -2.05. The van der Waals surface area contributed by atoms with E-state index in [1.165, 1.54) is 19.1 Å². The predicted molar refractivity (Wildman–Crippen MR) is 137 cm³/mol. The first-order valence-electron chi connectivity index (χ1n) is 13.6. The topological polar surface area (TPSA) is 137 Å². The number of ketones is 2. The van der Waals surface area contributed by atoms with Crippen molar-refractivity contribution in [1.29, 1.82) is 0 Å². The number of aliphatic hydroxyl groups is 1. The Morgan fingerprint density at radius 2 is 2.05 bits per heavy atom. The fourth-order valence-corrected chi connectivity index (χ4v) is 7.35. The van der Waals surface area contributed by atoms with Crippen LogP contribution in [-0.2, 0) is 28.6 Å². The molecule has 2 saturated carbocycles. The first-order valence-corrected chi connectivity index (χ1v) is 13.6. The van der Waals surface area contributed by atoms with Gasteiger partial charge < -0.3 is 30.4 Å². The molecule has 1 aliphatic heterocycles. The first kappa shape index (κ1) is 29.9. The van der Waals surface area contributed by atoms with E-state index in [0.717, 1.165) is 12.5 Å². The number of hydrogen-bond donors (Lipinski definition) is 3. The molecule has 1 heterocycles. The van der Waals surface area contributed by atoms with Crippen molar-refractivity contribution in [3.63, 3.8) is 0 Å². The van der Waals surface area contributed by atoms with Gasteiger partial charge in [-0.3, -0.25) is 14.4 Å². The van der Waals surface area contributed by atoms with Gasteiger partial charge in [-0.25, -0.2) is 8.78 Å². The number of nitrogens with two attached hydrogens (primary N) is 1. The summed E-state index contributed by atoms with van der Waals surface area (Å²) in [6.45, 7) is 5.95. The quantitative estimate of drug-likeness (QED) is 0.291. The number of ether oxygens (including phenoxy) is 3. The third kappa shape index (κ3) is 4.50. The van der Waals surface area contributed by atoms with Crippen LogP contribution in [0, 0.1) is 22.7 Å². The van der Waals surface area contributed by atoms with Crippen molar-refractivity contribution >= 4 is 17.5 Å². The van der Waals surface area contributed by atoms with Gasteiger partial charge in [0.1, 0.15) is 19.5 Å². The van der Waals surface area contributed by atoms with Crippen LogP contribution in [-0.4, -0.2) is 78.9 Å². The highest BCUT2D eigenvalue weighted by molar-refractivity contribution is 6.01. The maximum absolute atomic E-state index is 17.3. The minimum atomic E-state index is -2.28. The molecule has 0 aromatic rings. The first-order chi connectivity index (χ1) is 18.3. The summed E-state index contributed by atoms with van der Waals surface area (Å²) in [5.41, 5.74) is -1.27. The number of Topliss-reactive ketones (excluding diaryl/α,β-unsaturated/α-hetero) is 1. The van der Waals surface area contributed by atoms with Crippen LogP contribution in [0.5, 0.6) is 0 Å². The van der Waals surface area contributed by atoms with E-state index in [0.29, 0.717) is 6.42 Å². The molecule has 39 heavy (non-hydrogen) atoms. The Morgan fingerprint density at radius 3 is 2.72 bits per heavy atom. The van der Waals surface area contributed by atoms with Crippen LogP contribution < -0.4 is 11.1 Å². The Morgan fingerprint density at radius 1 is 1.33 bits per heavy atom. The third-order valence-corrected chi connectivity index (χ3v) is 9.82. The summed E-state index contributed by atoms with van der Waals surface area (Å²) in [5, 5.41) is 14.0. The summed E-state index contributed by atoms with van der Waals surface area (Å²) in [7, 11) is 0. The number of aliphatic hydroxyl groups excluding tert-OH is 1. The van der Waals surface area contributed by atoms with Gasteiger partial charge in [0.25, 0.3) is 0 Å². The van der Waals surface area contributed by atoms with E-state index in [1.54, 1.807) is 13.8 Å². The van der Waals surface area contributed by atoms with Crippen molar-refractivity contribution in [3.05, 3.63) is 23.8 Å². The second-order valence-electron chi connectivity index (χ2n) is 11.7. The predicted octanol–water partition coefficient (Wildman–Crippen LogP) is 2.06. The van der Waals surface area contributed by atoms with E-state index in [-0.39, 0.29) is 38.3 Å². The van der Waals surface area contributed by atoms with Crippen molar-refractivity contribution < 1.29 is 42.5 Å². The lowest BCUT2D eigenvalue weighted by Gasteiger charge is -2.64. The van der Waals surface area contributed by atoms with Gasteiger partial charge in [0.2, 0.25) is 5.91 Å². The van der Waals surface area contributed by atoms with Crippen LogP contribution in [0.4, 0.5) is 8.78 Å². The molecule has 0 aromatic carbocycles. The van der Waals surface area contributed by atoms with Crippen molar-refractivity contribution in [2.24, 2.45) is 28.4 Å². The van der Waals surface area contributed by atoms with Gasteiger partial charge in [-0.15, -0.1) is 0 Å². The molecule has 0 bridgehead atoms. The fourth-order valence-electron chi connectivity index (χ4n) is 7.35. The summed E-state index contributed by atoms with van der Waals surface area (Å²) in [6, 6.07) is 0. The zero-order valence-electron chi connectivity index (χ0n) is 23.0. The Balaban J connectivity index is 1.69. The molecule has 4 unspecified atom stereocenters. The highest BCUT2D eigenvalue weighted by atomic mass is 19.1. The second-order valence-corrected chi connectivity index (χ2v) is 11.7. The van der Waals surface area contributed by atoms with Gasteiger partial charge in [-0.1, -0.05) is 33.3 Å². The van der Waals surface area contributed by atoms with Crippen molar-refractivity contribution in [2.75, 3.05) is 26.5 Å². The van der Waals surface area contributed by atoms with Crippen LogP contribution >= 0.6 is 0 Å². The molecule has 9 nitrogen and oxygen atoms in total. The van der Waals surface area contributed by atoms with Crippen LogP contribution in [0.15, 0.2) is 23.8 Å². The van der Waals surface area contributed by atoms with Crippen molar-refractivity contribution in [3.8, 4) is 0 Å². The molecule has 0 radical (unpaired) electrons. The highest BCUT2D eigenvalue weighted by Crippen LogP contribution is 2.67. The SMILES string of the molecule is CCCC1OCC(C(=O)COCNC(=O)CN)([C@@]2(C)C[C@H](O)[C@@]3(F)[C@@H](C[C@H](F)C4=CC(=O)C=CC43C)C2C)O1. The molecule has 11 heteroatoms. The summed E-state index contributed by atoms with van der Waals surface area (Å²) in [5.74, 6) is -2.98. The molecule has 218 valence electrons. The molecule has 1 saturated heterocycles. The smallest absolute Gasteiger partial charge is 0.235 e. The van der Waals surface area contributed by atoms with Crippen LogP contribution in [0.25, 0.3) is 0 Å². The van der Waals surface area contributed by atoms with Crippen molar-refractivity contribution in [2.45, 2.75) is 83.2 Å². The third-order valence-electron chi connectivity index (χ3n) is 9.82. The number of alkyl halides is 2. The molecule has 4 aliphatic rings.